The molecule has 2 aromatic heterocycles. The molecule has 210 valence electrons. The molecule has 1 atom stereocenters. The van der Waals surface area contributed by atoms with Gasteiger partial charge in [0.1, 0.15) is 5.82 Å². The minimum Gasteiger partial charge on any atom is -0.494 e. The number of methoxy groups -OCH3 is 1. The van der Waals surface area contributed by atoms with Gasteiger partial charge in [-0.1, -0.05) is 6.07 Å². The van der Waals surface area contributed by atoms with Crippen molar-refractivity contribution in [2.24, 2.45) is 7.05 Å². The zero-order valence-corrected chi connectivity index (χ0v) is 22.8. The quantitative estimate of drug-likeness (QED) is 0.271. The molecule has 4 aromatic rings. The van der Waals surface area contributed by atoms with Gasteiger partial charge >= 0.3 is 0 Å². The van der Waals surface area contributed by atoms with Crippen LogP contribution in [0, 0.1) is 12.7 Å². The highest BCUT2D eigenvalue weighted by molar-refractivity contribution is 5.95. The molecule has 0 radical (unpaired) electrons. The summed E-state index contributed by atoms with van der Waals surface area (Å²) in [5, 5.41) is 4.36. The number of halogens is 3. The lowest BCUT2D eigenvalue weighted by molar-refractivity contribution is -0.120. The maximum atomic E-state index is 14.8. The number of rotatable bonds is 5. The van der Waals surface area contributed by atoms with Crippen molar-refractivity contribution < 1.29 is 22.7 Å². The number of amides is 1. The van der Waals surface area contributed by atoms with E-state index < -0.39 is 17.8 Å². The lowest BCUT2D eigenvalue weighted by Crippen LogP contribution is -2.40. The molecule has 6 rings (SSSR count). The van der Waals surface area contributed by atoms with Gasteiger partial charge in [-0.15, -0.1) is 0 Å². The lowest BCUT2D eigenvalue weighted by atomic mass is 9.91. The van der Waals surface area contributed by atoms with Crippen molar-refractivity contribution in [3.05, 3.63) is 59.8 Å². The number of alkyl halides is 2. The summed E-state index contributed by atoms with van der Waals surface area (Å²) >= 11 is 0. The van der Waals surface area contributed by atoms with E-state index in [2.05, 4.69) is 9.67 Å². The van der Waals surface area contributed by atoms with Crippen molar-refractivity contribution in [1.82, 2.24) is 19.3 Å². The number of ether oxygens (including phenoxy) is 1. The molecule has 0 N–H and O–H groups in total. The first-order valence-corrected chi connectivity index (χ1v) is 13.7. The van der Waals surface area contributed by atoms with Crippen LogP contribution >= 0.6 is 0 Å². The number of carbonyl (C=O) groups is 1. The number of piperidine rings is 1. The van der Waals surface area contributed by atoms with E-state index in [0.717, 1.165) is 27.9 Å². The summed E-state index contributed by atoms with van der Waals surface area (Å²) in [6.45, 7) is 2.00. The van der Waals surface area contributed by atoms with Crippen LogP contribution in [0.2, 0.25) is 0 Å². The van der Waals surface area contributed by atoms with Crippen LogP contribution in [-0.2, 0) is 11.8 Å². The molecule has 1 amide bonds. The molecule has 1 aliphatic heterocycles. The minimum absolute atomic E-state index is 0.0955. The Labute approximate surface area is 230 Å². The third-order valence-electron chi connectivity index (χ3n) is 8.32. The molecule has 2 fully saturated rings. The molecule has 7 nitrogen and oxygen atoms in total. The van der Waals surface area contributed by atoms with Gasteiger partial charge in [-0.05, 0) is 62.4 Å². The minimum atomic E-state index is -2.68. The molecular weight excluding hydrogens is 519 g/mol. The second kappa shape index (κ2) is 9.98. The van der Waals surface area contributed by atoms with E-state index in [1.807, 2.05) is 43.0 Å². The topological polar surface area (TPSA) is 65.2 Å². The second-order valence-corrected chi connectivity index (χ2v) is 10.9. The predicted molar refractivity (Wildman–Crippen MR) is 146 cm³/mol. The van der Waals surface area contributed by atoms with Gasteiger partial charge in [0, 0.05) is 49.7 Å². The maximum absolute atomic E-state index is 14.8. The summed E-state index contributed by atoms with van der Waals surface area (Å²) in [6.07, 6.45) is 3.66. The zero-order valence-electron chi connectivity index (χ0n) is 22.8. The number of hydrogen-bond donors (Lipinski definition) is 0. The van der Waals surface area contributed by atoms with Crippen LogP contribution in [0.15, 0.2) is 42.6 Å². The summed E-state index contributed by atoms with van der Waals surface area (Å²) in [6, 6.07) is 9.84. The average molecular weight is 552 g/mol. The molecule has 10 heteroatoms. The van der Waals surface area contributed by atoms with Gasteiger partial charge < -0.3 is 14.2 Å². The van der Waals surface area contributed by atoms with Crippen molar-refractivity contribution >= 4 is 22.6 Å². The molecule has 1 saturated heterocycles. The summed E-state index contributed by atoms with van der Waals surface area (Å²) in [7, 11) is 3.28. The van der Waals surface area contributed by atoms with E-state index in [0.29, 0.717) is 43.6 Å². The van der Waals surface area contributed by atoms with E-state index >= 15 is 0 Å². The predicted octanol–water partition coefficient (Wildman–Crippen LogP) is 6.90. The SMILES string of the molecule is COc1ccc(N2C(=O)CCC[C@H]2c2nc3cc(-c4c(C)cnn4C)ccc3n2C2CCC(F)(F)CC2)cc1F. The molecule has 2 aromatic carbocycles. The van der Waals surface area contributed by atoms with Crippen molar-refractivity contribution in [2.45, 2.75) is 69.9 Å². The Morgan fingerprint density at radius 3 is 2.52 bits per heavy atom. The number of aromatic nitrogens is 4. The van der Waals surface area contributed by atoms with Crippen molar-refractivity contribution in [2.75, 3.05) is 12.0 Å². The van der Waals surface area contributed by atoms with Gasteiger partial charge in [0.25, 0.3) is 0 Å². The molecular formula is C30H32F3N5O2. The van der Waals surface area contributed by atoms with Crippen molar-refractivity contribution in [3.63, 3.8) is 0 Å². The van der Waals surface area contributed by atoms with E-state index in [9.17, 15) is 18.0 Å². The molecule has 3 heterocycles. The number of anilines is 1. The molecule has 0 bridgehead atoms. The first kappa shape index (κ1) is 26.4. The van der Waals surface area contributed by atoms with Gasteiger partial charge in [-0.25, -0.2) is 18.2 Å². The van der Waals surface area contributed by atoms with Gasteiger partial charge in [0.05, 0.1) is 36.1 Å². The fourth-order valence-corrected chi connectivity index (χ4v) is 6.37. The van der Waals surface area contributed by atoms with Gasteiger partial charge in [0.15, 0.2) is 11.6 Å². The van der Waals surface area contributed by atoms with Crippen molar-refractivity contribution in [1.29, 1.82) is 0 Å². The molecule has 40 heavy (non-hydrogen) atoms. The highest BCUT2D eigenvalue weighted by atomic mass is 19.3. The molecule has 2 aliphatic rings. The number of carbonyl (C=O) groups excluding carboxylic acids is 1. The normalized spacial score (nSPS) is 19.9. The fourth-order valence-electron chi connectivity index (χ4n) is 6.37. The van der Waals surface area contributed by atoms with Gasteiger partial charge in [0.2, 0.25) is 11.8 Å². The highest BCUT2D eigenvalue weighted by Gasteiger charge is 2.40. The summed E-state index contributed by atoms with van der Waals surface area (Å²) in [4.78, 5) is 20.0. The van der Waals surface area contributed by atoms with E-state index in [-0.39, 0.29) is 30.5 Å². The zero-order chi connectivity index (χ0) is 28.2. The Morgan fingerprint density at radius 2 is 1.85 bits per heavy atom. The van der Waals surface area contributed by atoms with Crippen molar-refractivity contribution in [3.8, 4) is 17.0 Å². The molecule has 0 unspecified atom stereocenters. The van der Waals surface area contributed by atoms with Crippen LogP contribution in [-0.4, -0.2) is 38.3 Å². The van der Waals surface area contributed by atoms with Crippen LogP contribution in [0.3, 0.4) is 0 Å². The highest BCUT2D eigenvalue weighted by Crippen LogP contribution is 2.44. The lowest BCUT2D eigenvalue weighted by Gasteiger charge is -2.37. The molecule has 1 saturated carbocycles. The molecule has 1 aliphatic carbocycles. The number of benzene rings is 2. The van der Waals surface area contributed by atoms with E-state index in [1.54, 1.807) is 11.0 Å². The maximum Gasteiger partial charge on any atom is 0.248 e. The largest absolute Gasteiger partial charge is 0.494 e. The number of aryl methyl sites for hydroxylation is 2. The van der Waals surface area contributed by atoms with Crippen LogP contribution in [0.25, 0.3) is 22.3 Å². The average Bonchev–Trinajstić information content (AvgIpc) is 3.47. The van der Waals surface area contributed by atoms with Crippen LogP contribution in [0.5, 0.6) is 5.75 Å². The Balaban J connectivity index is 1.50. The van der Waals surface area contributed by atoms with Gasteiger partial charge in [-0.2, -0.15) is 5.10 Å². The number of nitrogens with zero attached hydrogens (tertiary/aromatic N) is 5. The standard InChI is InChI=1S/C30H32F3N5O2/c1-18-17-34-36(2)28(18)19-7-9-24-23(15-19)35-29(38(24)20-11-13-30(32,33)14-12-20)25-5-4-6-27(39)37(25)21-8-10-26(40-3)22(31)16-21/h7-10,15-17,20,25H,4-6,11-14H2,1-3H3/t25-/m0/s1. The number of hydrogen-bond acceptors (Lipinski definition) is 4. The van der Waals surface area contributed by atoms with E-state index in [4.69, 9.17) is 9.72 Å². The Kier molecular flexibility index (Phi) is 6.59. The number of fused-ring (bicyclic) bond motifs is 1. The third kappa shape index (κ3) is 4.53. The Hall–Kier alpha value is -3.82. The van der Waals surface area contributed by atoms with Crippen LogP contribution < -0.4 is 9.64 Å². The molecule has 0 spiro atoms. The van der Waals surface area contributed by atoms with E-state index in [1.165, 1.54) is 19.2 Å². The third-order valence-corrected chi connectivity index (χ3v) is 8.32. The smallest absolute Gasteiger partial charge is 0.248 e. The number of imidazole rings is 1. The summed E-state index contributed by atoms with van der Waals surface area (Å²) in [5.41, 5.74) is 4.94. The summed E-state index contributed by atoms with van der Waals surface area (Å²) in [5.74, 6) is -2.62. The first-order valence-electron chi connectivity index (χ1n) is 13.7. The second-order valence-electron chi connectivity index (χ2n) is 10.9. The fraction of sp³-hybridized carbons (Fsp3) is 0.433. The van der Waals surface area contributed by atoms with Crippen LogP contribution in [0.1, 0.15) is 68.4 Å². The summed E-state index contributed by atoms with van der Waals surface area (Å²) < 4.78 is 52.1. The van der Waals surface area contributed by atoms with Crippen LogP contribution in [0.4, 0.5) is 18.9 Å². The van der Waals surface area contributed by atoms with Gasteiger partial charge in [-0.3, -0.25) is 9.48 Å². The monoisotopic (exact) mass is 551 g/mol. The Bertz CT molecular complexity index is 1560. The first-order chi connectivity index (χ1) is 19.2. The Morgan fingerprint density at radius 1 is 1.07 bits per heavy atom.